The van der Waals surface area contributed by atoms with Crippen molar-refractivity contribution in [3.8, 4) is 0 Å². The van der Waals surface area contributed by atoms with E-state index in [4.69, 9.17) is 14.2 Å². The van der Waals surface area contributed by atoms with Crippen molar-refractivity contribution in [1.29, 1.82) is 0 Å². The van der Waals surface area contributed by atoms with Crippen molar-refractivity contribution in [3.05, 3.63) is 97.2 Å². The second kappa shape index (κ2) is 49.0. The van der Waals surface area contributed by atoms with E-state index in [-0.39, 0.29) is 31.1 Å². The SMILES string of the molecule is CC\C=C/C=C\C=C/C=C\C=C\C=C/CCCCCC(=O)OCC(COC(=O)CCCCCCC/C=C\CCCCC)OC(=O)CCCCC/C=C\CCCCCCCCC. The first-order chi connectivity index (χ1) is 30.0. The highest BCUT2D eigenvalue weighted by Gasteiger charge is 2.19. The largest absolute Gasteiger partial charge is 0.462 e. The maximum absolute atomic E-state index is 12.8. The van der Waals surface area contributed by atoms with Crippen LogP contribution in [0.1, 0.15) is 213 Å². The van der Waals surface area contributed by atoms with E-state index in [0.29, 0.717) is 19.3 Å². The number of carbonyl (C=O) groups excluding carboxylic acids is 3. The Kier molecular flexibility index (Phi) is 46.0. The van der Waals surface area contributed by atoms with Crippen molar-refractivity contribution < 1.29 is 28.6 Å². The average Bonchev–Trinajstić information content (AvgIpc) is 3.26. The Morgan fingerprint density at radius 3 is 1.10 bits per heavy atom. The number of hydrogen-bond acceptors (Lipinski definition) is 6. The lowest BCUT2D eigenvalue weighted by molar-refractivity contribution is -0.167. The summed E-state index contributed by atoms with van der Waals surface area (Å²) >= 11 is 0. The van der Waals surface area contributed by atoms with E-state index >= 15 is 0 Å². The molecule has 0 aliphatic heterocycles. The van der Waals surface area contributed by atoms with Gasteiger partial charge in [0.2, 0.25) is 0 Å². The van der Waals surface area contributed by atoms with E-state index in [1.165, 1.54) is 77.0 Å². The second-order valence-corrected chi connectivity index (χ2v) is 16.1. The third-order valence-electron chi connectivity index (χ3n) is 10.2. The van der Waals surface area contributed by atoms with Gasteiger partial charge in [0, 0.05) is 19.3 Å². The zero-order valence-electron chi connectivity index (χ0n) is 39.4. The van der Waals surface area contributed by atoms with Crippen LogP contribution >= 0.6 is 0 Å². The molecule has 61 heavy (non-hydrogen) atoms. The zero-order valence-corrected chi connectivity index (χ0v) is 39.4. The Bertz CT molecular complexity index is 1250. The quantitative estimate of drug-likeness (QED) is 0.0200. The molecule has 6 nitrogen and oxygen atoms in total. The van der Waals surface area contributed by atoms with Crippen LogP contribution in [0.3, 0.4) is 0 Å². The highest BCUT2D eigenvalue weighted by atomic mass is 16.6. The number of unbranched alkanes of at least 4 members (excludes halogenated alkanes) is 21. The molecule has 0 radical (unpaired) electrons. The predicted molar refractivity (Wildman–Crippen MR) is 260 cm³/mol. The molecule has 0 heterocycles. The van der Waals surface area contributed by atoms with Crippen LogP contribution in [-0.4, -0.2) is 37.2 Å². The van der Waals surface area contributed by atoms with Crippen LogP contribution in [0.4, 0.5) is 0 Å². The molecular weight excluding hydrogens is 757 g/mol. The van der Waals surface area contributed by atoms with Gasteiger partial charge in [0.25, 0.3) is 0 Å². The fourth-order valence-corrected chi connectivity index (χ4v) is 6.46. The van der Waals surface area contributed by atoms with Crippen LogP contribution < -0.4 is 0 Å². The van der Waals surface area contributed by atoms with Gasteiger partial charge in [-0.15, -0.1) is 0 Å². The van der Waals surface area contributed by atoms with Gasteiger partial charge in [0.1, 0.15) is 13.2 Å². The van der Waals surface area contributed by atoms with E-state index in [1.54, 1.807) is 0 Å². The van der Waals surface area contributed by atoms with Gasteiger partial charge in [-0.2, -0.15) is 0 Å². The van der Waals surface area contributed by atoms with Gasteiger partial charge in [-0.25, -0.2) is 0 Å². The molecule has 0 rings (SSSR count). The molecule has 346 valence electrons. The van der Waals surface area contributed by atoms with Gasteiger partial charge in [0.05, 0.1) is 0 Å². The second-order valence-electron chi connectivity index (χ2n) is 16.1. The van der Waals surface area contributed by atoms with Gasteiger partial charge in [0.15, 0.2) is 6.10 Å². The standard InChI is InChI=1S/C55H90O6/c1-4-7-10-13-16-19-22-25-27-28-29-31-33-36-39-42-45-48-54(57)60-51-52(50-59-53(56)47-44-41-38-35-32-24-21-18-15-12-9-6-3)61-55(58)49-46-43-40-37-34-30-26-23-20-17-14-11-8-5-2/h7,10,13,16,18-19,21-22,25,27-31,33-34,52H,4-6,8-9,11-12,14-15,17,20,23-24,26,32,35-51H2,1-3H3/b10-7-,16-13-,21-18-,22-19-,27-25-,29-28+,33-31-,34-30-. The Balaban J connectivity index is 4.52. The first-order valence-corrected chi connectivity index (χ1v) is 24.8. The third kappa shape index (κ3) is 47.2. The van der Waals surface area contributed by atoms with Crippen molar-refractivity contribution in [2.45, 2.75) is 219 Å². The minimum absolute atomic E-state index is 0.104. The number of ether oxygens (including phenoxy) is 3. The van der Waals surface area contributed by atoms with E-state index in [2.05, 4.69) is 57.2 Å². The molecule has 0 saturated heterocycles. The van der Waals surface area contributed by atoms with Crippen LogP contribution in [0, 0.1) is 0 Å². The van der Waals surface area contributed by atoms with E-state index in [1.807, 2.05) is 60.8 Å². The molecule has 0 spiro atoms. The van der Waals surface area contributed by atoms with Gasteiger partial charge in [-0.05, 0) is 89.9 Å². The number of hydrogen-bond donors (Lipinski definition) is 0. The Labute approximate surface area is 375 Å². The van der Waals surface area contributed by atoms with Gasteiger partial charge >= 0.3 is 17.9 Å². The summed E-state index contributed by atoms with van der Waals surface area (Å²) in [5, 5.41) is 0. The first-order valence-electron chi connectivity index (χ1n) is 24.8. The smallest absolute Gasteiger partial charge is 0.306 e. The van der Waals surface area contributed by atoms with Gasteiger partial charge < -0.3 is 14.2 Å². The Hall–Kier alpha value is -3.67. The maximum atomic E-state index is 12.8. The van der Waals surface area contributed by atoms with Crippen LogP contribution in [0.25, 0.3) is 0 Å². The van der Waals surface area contributed by atoms with E-state index < -0.39 is 6.10 Å². The molecule has 0 aliphatic rings. The van der Waals surface area contributed by atoms with Crippen molar-refractivity contribution >= 4 is 17.9 Å². The summed E-state index contributed by atoms with van der Waals surface area (Å²) in [4.78, 5) is 37.9. The molecule has 0 N–H and O–H groups in total. The average molecular weight is 847 g/mol. The zero-order chi connectivity index (χ0) is 44.4. The summed E-state index contributed by atoms with van der Waals surface area (Å²) in [7, 11) is 0. The number of allylic oxidation sites excluding steroid dienone is 16. The fourth-order valence-electron chi connectivity index (χ4n) is 6.46. The minimum Gasteiger partial charge on any atom is -0.462 e. The Morgan fingerprint density at radius 1 is 0.344 bits per heavy atom. The van der Waals surface area contributed by atoms with E-state index in [9.17, 15) is 14.4 Å². The number of rotatable bonds is 43. The molecule has 1 atom stereocenters. The molecule has 0 amide bonds. The highest BCUT2D eigenvalue weighted by molar-refractivity contribution is 5.71. The molecule has 1 unspecified atom stereocenters. The van der Waals surface area contributed by atoms with Crippen LogP contribution in [0.2, 0.25) is 0 Å². The third-order valence-corrected chi connectivity index (χ3v) is 10.2. The van der Waals surface area contributed by atoms with Crippen LogP contribution in [0.15, 0.2) is 97.2 Å². The van der Waals surface area contributed by atoms with Crippen molar-refractivity contribution in [2.75, 3.05) is 13.2 Å². The number of esters is 3. The molecule has 0 aliphatic carbocycles. The van der Waals surface area contributed by atoms with Crippen molar-refractivity contribution in [3.63, 3.8) is 0 Å². The summed E-state index contributed by atoms with van der Waals surface area (Å²) in [6.45, 7) is 6.39. The molecule has 0 bridgehead atoms. The van der Waals surface area contributed by atoms with Crippen molar-refractivity contribution in [1.82, 2.24) is 0 Å². The summed E-state index contributed by atoms with van der Waals surface area (Å²) in [5.41, 5.74) is 0. The lowest BCUT2D eigenvalue weighted by Crippen LogP contribution is -2.30. The molecule has 0 aromatic heterocycles. The lowest BCUT2D eigenvalue weighted by Gasteiger charge is -2.18. The fraction of sp³-hybridized carbons (Fsp3) is 0.655. The topological polar surface area (TPSA) is 78.9 Å². The molecule has 6 heteroatoms. The molecular formula is C55H90O6. The summed E-state index contributed by atoms with van der Waals surface area (Å²) < 4.78 is 16.7. The monoisotopic (exact) mass is 847 g/mol. The maximum Gasteiger partial charge on any atom is 0.306 e. The first kappa shape index (κ1) is 57.3. The number of carbonyl (C=O) groups is 3. The van der Waals surface area contributed by atoms with Gasteiger partial charge in [-0.1, -0.05) is 201 Å². The summed E-state index contributed by atoms with van der Waals surface area (Å²) in [5.74, 6) is -0.979. The molecule has 0 fully saturated rings. The molecule has 0 saturated carbocycles. The van der Waals surface area contributed by atoms with E-state index in [0.717, 1.165) is 96.3 Å². The summed E-state index contributed by atoms with van der Waals surface area (Å²) in [6, 6.07) is 0. The highest BCUT2D eigenvalue weighted by Crippen LogP contribution is 2.13. The molecule has 0 aromatic carbocycles. The Morgan fingerprint density at radius 2 is 0.656 bits per heavy atom. The predicted octanol–water partition coefficient (Wildman–Crippen LogP) is 16.2. The van der Waals surface area contributed by atoms with Crippen LogP contribution in [-0.2, 0) is 28.6 Å². The summed E-state index contributed by atoms with van der Waals surface area (Å²) in [6.07, 6.45) is 63.8. The minimum atomic E-state index is -0.807. The molecule has 0 aromatic rings. The van der Waals surface area contributed by atoms with Gasteiger partial charge in [-0.3, -0.25) is 14.4 Å². The van der Waals surface area contributed by atoms with Crippen LogP contribution in [0.5, 0.6) is 0 Å². The normalized spacial score (nSPS) is 12.9. The lowest BCUT2D eigenvalue weighted by atomic mass is 10.1. The van der Waals surface area contributed by atoms with Crippen molar-refractivity contribution in [2.24, 2.45) is 0 Å².